The standard InChI is InChI=1S/C11H11NO4.C2H4/c1-8(13)10(12-15)11(14)16-7-9-5-3-2-4-6-9;1-2/h2-6,15H,7H2,1H3;1-2H2/b12-10-;. The lowest BCUT2D eigenvalue weighted by Crippen LogP contribution is -2.24. The van der Waals surface area contributed by atoms with Gasteiger partial charge in [0.15, 0.2) is 5.78 Å². The highest BCUT2D eigenvalue weighted by Crippen LogP contribution is 2.01. The van der Waals surface area contributed by atoms with Gasteiger partial charge in [0.1, 0.15) is 6.61 Å². The third-order valence-corrected chi connectivity index (χ3v) is 1.84. The van der Waals surface area contributed by atoms with Gasteiger partial charge in [0.2, 0.25) is 5.71 Å². The molecule has 0 heterocycles. The lowest BCUT2D eigenvalue weighted by molar-refractivity contribution is -0.137. The van der Waals surface area contributed by atoms with Crippen LogP contribution in [0.25, 0.3) is 0 Å². The predicted octanol–water partition coefficient (Wildman–Crippen LogP) is 1.95. The van der Waals surface area contributed by atoms with Crippen LogP contribution in [-0.2, 0) is 20.9 Å². The molecule has 1 aromatic rings. The maximum absolute atomic E-state index is 11.3. The molecule has 0 spiro atoms. The Morgan fingerprint density at radius 2 is 1.83 bits per heavy atom. The SMILES string of the molecule is C=C.CC(=O)/C(=N/O)C(=O)OCc1ccccc1. The summed E-state index contributed by atoms with van der Waals surface area (Å²) in [4.78, 5) is 22.1. The van der Waals surface area contributed by atoms with Crippen LogP contribution in [0.1, 0.15) is 12.5 Å². The van der Waals surface area contributed by atoms with Gasteiger partial charge in [-0.1, -0.05) is 35.5 Å². The highest BCUT2D eigenvalue weighted by molar-refractivity contribution is 6.63. The van der Waals surface area contributed by atoms with E-state index in [-0.39, 0.29) is 6.61 Å². The molecule has 1 rings (SSSR count). The molecule has 18 heavy (non-hydrogen) atoms. The molecule has 1 aromatic carbocycles. The number of hydrogen-bond donors (Lipinski definition) is 1. The van der Waals surface area contributed by atoms with Crippen LogP contribution in [0.5, 0.6) is 0 Å². The van der Waals surface area contributed by atoms with E-state index in [1.165, 1.54) is 0 Å². The van der Waals surface area contributed by atoms with Gasteiger partial charge in [-0.15, -0.1) is 13.2 Å². The van der Waals surface area contributed by atoms with E-state index in [1.54, 1.807) is 24.3 Å². The second-order valence-corrected chi connectivity index (χ2v) is 3.07. The third-order valence-electron chi connectivity index (χ3n) is 1.84. The van der Waals surface area contributed by atoms with Crippen molar-refractivity contribution in [1.29, 1.82) is 0 Å². The molecule has 0 saturated heterocycles. The number of rotatable bonds is 4. The zero-order valence-electron chi connectivity index (χ0n) is 10.1. The smallest absolute Gasteiger partial charge is 0.364 e. The van der Waals surface area contributed by atoms with Crippen LogP contribution in [0.3, 0.4) is 0 Å². The lowest BCUT2D eigenvalue weighted by Gasteiger charge is -2.03. The topological polar surface area (TPSA) is 76.0 Å². The van der Waals surface area contributed by atoms with E-state index in [2.05, 4.69) is 18.3 Å². The minimum absolute atomic E-state index is 0.0337. The van der Waals surface area contributed by atoms with Gasteiger partial charge in [0.05, 0.1) is 0 Å². The van der Waals surface area contributed by atoms with Crippen molar-refractivity contribution >= 4 is 17.5 Å². The highest BCUT2D eigenvalue weighted by atomic mass is 16.5. The number of hydrogen-bond acceptors (Lipinski definition) is 5. The monoisotopic (exact) mass is 249 g/mol. The molecule has 96 valence electrons. The molecule has 1 N–H and O–H groups in total. The fourth-order valence-electron chi connectivity index (χ4n) is 1.05. The Bertz CT molecular complexity index is 426. The van der Waals surface area contributed by atoms with Crippen molar-refractivity contribution in [3.63, 3.8) is 0 Å². The summed E-state index contributed by atoms with van der Waals surface area (Å²) in [6, 6.07) is 8.99. The zero-order valence-corrected chi connectivity index (χ0v) is 10.1. The summed E-state index contributed by atoms with van der Waals surface area (Å²) in [5.41, 5.74) is 0.188. The van der Waals surface area contributed by atoms with Crippen molar-refractivity contribution < 1.29 is 19.5 Å². The molecule has 5 heteroatoms. The van der Waals surface area contributed by atoms with Crippen molar-refractivity contribution in [2.75, 3.05) is 0 Å². The van der Waals surface area contributed by atoms with Crippen molar-refractivity contribution in [1.82, 2.24) is 0 Å². The molecule has 0 amide bonds. The second-order valence-electron chi connectivity index (χ2n) is 3.07. The van der Waals surface area contributed by atoms with Crippen LogP contribution in [0, 0.1) is 0 Å². The number of Topliss-reactive ketones (excluding diaryl/α,β-unsaturated/α-hetero) is 1. The Morgan fingerprint density at radius 3 is 2.28 bits per heavy atom. The number of nitrogens with zero attached hydrogens (tertiary/aromatic N) is 1. The quantitative estimate of drug-likeness (QED) is 0.221. The molecular formula is C13H15NO4. The van der Waals surface area contributed by atoms with Gasteiger partial charge in [-0.3, -0.25) is 4.79 Å². The molecule has 0 radical (unpaired) electrons. The van der Waals surface area contributed by atoms with Gasteiger partial charge in [0.25, 0.3) is 0 Å². The van der Waals surface area contributed by atoms with E-state index in [0.717, 1.165) is 12.5 Å². The fourth-order valence-corrected chi connectivity index (χ4v) is 1.05. The first-order valence-electron chi connectivity index (χ1n) is 5.09. The number of benzene rings is 1. The average molecular weight is 249 g/mol. The van der Waals surface area contributed by atoms with Gasteiger partial charge in [-0.2, -0.15) is 0 Å². The van der Waals surface area contributed by atoms with Crippen molar-refractivity contribution in [2.24, 2.45) is 5.16 Å². The Hall–Kier alpha value is -2.43. The number of ether oxygens (including phenoxy) is 1. The first kappa shape index (κ1) is 15.6. The van der Waals surface area contributed by atoms with E-state index >= 15 is 0 Å². The van der Waals surface area contributed by atoms with Crippen molar-refractivity contribution in [3.8, 4) is 0 Å². The largest absolute Gasteiger partial charge is 0.456 e. The van der Waals surface area contributed by atoms with Crippen LogP contribution in [-0.4, -0.2) is 22.7 Å². The van der Waals surface area contributed by atoms with Crippen LogP contribution in [0.15, 0.2) is 48.6 Å². The Morgan fingerprint density at radius 1 is 1.28 bits per heavy atom. The van der Waals surface area contributed by atoms with Crippen LogP contribution in [0.2, 0.25) is 0 Å². The molecule has 0 fully saturated rings. The first-order chi connectivity index (χ1) is 8.65. The third kappa shape index (κ3) is 5.07. The van der Waals surface area contributed by atoms with Gasteiger partial charge in [0, 0.05) is 6.92 Å². The number of esters is 1. The Labute approximate surface area is 105 Å². The molecule has 0 aliphatic rings. The highest BCUT2D eigenvalue weighted by Gasteiger charge is 2.18. The normalized spacial score (nSPS) is 9.94. The molecule has 0 saturated carbocycles. The molecule has 0 bridgehead atoms. The van der Waals surface area contributed by atoms with Crippen molar-refractivity contribution in [3.05, 3.63) is 49.1 Å². The summed E-state index contributed by atoms with van der Waals surface area (Å²) in [5.74, 6) is -1.57. The Balaban J connectivity index is 0.00000137. The van der Waals surface area contributed by atoms with Gasteiger partial charge in [-0.25, -0.2) is 4.79 Å². The number of carbonyl (C=O) groups excluding carboxylic acids is 2. The molecule has 0 unspecified atom stereocenters. The van der Waals surface area contributed by atoms with Gasteiger partial charge < -0.3 is 9.94 Å². The molecule has 0 aliphatic carbocycles. The predicted molar refractivity (Wildman–Crippen MR) is 67.4 cm³/mol. The van der Waals surface area contributed by atoms with Crippen LogP contribution >= 0.6 is 0 Å². The van der Waals surface area contributed by atoms with E-state index < -0.39 is 17.5 Å². The molecule has 0 aliphatic heterocycles. The first-order valence-corrected chi connectivity index (χ1v) is 5.09. The molecule has 0 atom stereocenters. The van der Waals surface area contributed by atoms with E-state index in [0.29, 0.717) is 0 Å². The van der Waals surface area contributed by atoms with Crippen molar-refractivity contribution in [2.45, 2.75) is 13.5 Å². The van der Waals surface area contributed by atoms with Crippen LogP contribution < -0.4 is 0 Å². The second kappa shape index (κ2) is 8.69. The summed E-state index contributed by atoms with van der Waals surface area (Å²) in [6.07, 6.45) is 0. The summed E-state index contributed by atoms with van der Waals surface area (Å²) in [6.45, 7) is 7.16. The van der Waals surface area contributed by atoms with Crippen LogP contribution in [0.4, 0.5) is 0 Å². The minimum Gasteiger partial charge on any atom is -0.456 e. The lowest BCUT2D eigenvalue weighted by atomic mass is 10.2. The maximum atomic E-state index is 11.3. The summed E-state index contributed by atoms with van der Waals surface area (Å²) < 4.78 is 4.79. The van der Waals surface area contributed by atoms with E-state index in [4.69, 9.17) is 9.94 Å². The fraction of sp³-hybridized carbons (Fsp3) is 0.154. The summed E-state index contributed by atoms with van der Waals surface area (Å²) in [5, 5.41) is 11.0. The maximum Gasteiger partial charge on any atom is 0.364 e. The van der Waals surface area contributed by atoms with Gasteiger partial charge >= 0.3 is 5.97 Å². The van der Waals surface area contributed by atoms with E-state index in [9.17, 15) is 9.59 Å². The molecule has 5 nitrogen and oxygen atoms in total. The number of ketones is 1. The average Bonchev–Trinajstić information content (AvgIpc) is 2.40. The summed E-state index contributed by atoms with van der Waals surface area (Å²) >= 11 is 0. The van der Waals surface area contributed by atoms with Gasteiger partial charge in [-0.05, 0) is 5.56 Å². The minimum atomic E-state index is -0.932. The summed E-state index contributed by atoms with van der Waals surface area (Å²) in [7, 11) is 0. The number of carbonyl (C=O) groups is 2. The zero-order chi connectivity index (χ0) is 14.0. The molecular weight excluding hydrogens is 234 g/mol. The molecule has 0 aromatic heterocycles. The Kier molecular flexibility index (Phi) is 7.52. The van der Waals surface area contributed by atoms with E-state index in [1.807, 2.05) is 6.07 Å². The number of oxime groups is 1.